The van der Waals surface area contributed by atoms with E-state index in [1.54, 1.807) is 42.1 Å². The third kappa shape index (κ3) is 4.68. The number of para-hydroxylation sites is 1. The average molecular weight is 524 g/mol. The van der Waals surface area contributed by atoms with Gasteiger partial charge < -0.3 is 14.5 Å². The van der Waals surface area contributed by atoms with Gasteiger partial charge in [-0.15, -0.1) is 0 Å². The van der Waals surface area contributed by atoms with Crippen molar-refractivity contribution in [2.24, 2.45) is 0 Å². The fraction of sp³-hybridized carbons (Fsp3) is 0.258. The number of carbonyl (C=O) groups is 1. The van der Waals surface area contributed by atoms with Gasteiger partial charge in [0, 0.05) is 35.9 Å². The molecule has 0 saturated heterocycles. The Balaban J connectivity index is 1.38. The molecule has 39 heavy (non-hydrogen) atoms. The molecule has 1 N–H and O–H groups in total. The summed E-state index contributed by atoms with van der Waals surface area (Å²) in [5.41, 5.74) is 2.92. The monoisotopic (exact) mass is 523 g/mol. The lowest BCUT2D eigenvalue weighted by Gasteiger charge is -2.26. The van der Waals surface area contributed by atoms with Crippen LogP contribution in [0.2, 0.25) is 0 Å². The van der Waals surface area contributed by atoms with Gasteiger partial charge in [0.15, 0.2) is 0 Å². The Bertz CT molecular complexity index is 1790. The second-order valence-corrected chi connectivity index (χ2v) is 10.0. The quantitative estimate of drug-likeness (QED) is 0.284. The number of aromatic nitrogens is 2. The largest absolute Gasteiger partial charge is 0.423 e. The molecular weight excluding hydrogens is 494 g/mol. The molecule has 0 spiro atoms. The van der Waals surface area contributed by atoms with E-state index in [0.29, 0.717) is 27.8 Å². The van der Waals surface area contributed by atoms with Crippen molar-refractivity contribution in [2.75, 3.05) is 12.4 Å². The Morgan fingerprint density at radius 1 is 0.949 bits per heavy atom. The van der Waals surface area contributed by atoms with Crippen LogP contribution in [-0.4, -0.2) is 22.4 Å². The topological polar surface area (TPSA) is 95.5 Å². The first-order valence-electron chi connectivity index (χ1n) is 13.2. The zero-order valence-electron chi connectivity index (χ0n) is 21.7. The Morgan fingerprint density at radius 3 is 2.51 bits per heavy atom. The lowest BCUT2D eigenvalue weighted by atomic mass is 9.95. The number of hydrogen-bond acceptors (Lipinski definition) is 5. The normalized spacial score (nSPS) is 14.2. The Hall–Kier alpha value is -4.43. The molecule has 6 rings (SSSR count). The molecule has 1 saturated carbocycles. The van der Waals surface area contributed by atoms with Crippen molar-refractivity contribution in [3.63, 3.8) is 0 Å². The van der Waals surface area contributed by atoms with Crippen molar-refractivity contribution in [3.8, 4) is 5.69 Å². The highest BCUT2D eigenvalue weighted by atomic mass is 16.5. The third-order valence-electron chi connectivity index (χ3n) is 7.45. The first-order valence-corrected chi connectivity index (χ1v) is 13.2. The first-order chi connectivity index (χ1) is 19.0. The van der Waals surface area contributed by atoms with E-state index in [0.717, 1.165) is 42.3 Å². The molecule has 1 amide bonds. The maximum atomic E-state index is 13.7. The summed E-state index contributed by atoms with van der Waals surface area (Å²) in [7, 11) is 1.56. The summed E-state index contributed by atoms with van der Waals surface area (Å²) in [5.74, 6) is -0.359. The van der Waals surface area contributed by atoms with E-state index in [1.165, 1.54) is 12.5 Å². The van der Waals surface area contributed by atoms with Gasteiger partial charge in [0.1, 0.15) is 5.58 Å². The molecule has 0 radical (unpaired) electrons. The number of rotatable bonds is 6. The summed E-state index contributed by atoms with van der Waals surface area (Å²) < 4.78 is 14.4. The van der Waals surface area contributed by atoms with Crippen LogP contribution in [0.25, 0.3) is 27.6 Å². The molecule has 198 valence electrons. The Labute approximate surface area is 224 Å². The van der Waals surface area contributed by atoms with E-state index in [1.807, 2.05) is 36.4 Å². The SMILES string of the molecule is COCc1cc(=O)oc2cc(NC(=O)c3ccc4c(c3)c(=O)n(-c3ccccc3)n4C3CCCCC3)ccc12. The fourth-order valence-electron chi connectivity index (χ4n) is 5.65. The number of benzene rings is 3. The van der Waals surface area contributed by atoms with Gasteiger partial charge in [-0.05, 0) is 60.9 Å². The van der Waals surface area contributed by atoms with Crippen molar-refractivity contribution in [1.82, 2.24) is 9.36 Å². The predicted octanol–water partition coefficient (Wildman–Crippen LogP) is 5.80. The number of hydrogen-bond donors (Lipinski definition) is 1. The van der Waals surface area contributed by atoms with Gasteiger partial charge in [0.2, 0.25) is 0 Å². The minimum absolute atomic E-state index is 0.144. The van der Waals surface area contributed by atoms with Crippen molar-refractivity contribution < 1.29 is 13.9 Å². The summed E-state index contributed by atoms with van der Waals surface area (Å²) in [4.78, 5) is 39.0. The molecule has 5 aromatic rings. The molecule has 0 aliphatic heterocycles. The van der Waals surface area contributed by atoms with Crippen LogP contribution in [0.5, 0.6) is 0 Å². The molecule has 0 bridgehead atoms. The van der Waals surface area contributed by atoms with Crippen LogP contribution < -0.4 is 16.5 Å². The molecule has 8 heteroatoms. The highest BCUT2D eigenvalue weighted by Crippen LogP contribution is 2.32. The van der Waals surface area contributed by atoms with Crippen molar-refractivity contribution in [2.45, 2.75) is 44.8 Å². The minimum Gasteiger partial charge on any atom is -0.423 e. The number of methoxy groups -OCH3 is 1. The number of nitrogens with zero attached hydrogens (tertiary/aromatic N) is 2. The molecule has 0 unspecified atom stereocenters. The lowest BCUT2D eigenvalue weighted by molar-refractivity contribution is 0.102. The fourth-order valence-corrected chi connectivity index (χ4v) is 5.65. The predicted molar refractivity (Wildman–Crippen MR) is 151 cm³/mol. The van der Waals surface area contributed by atoms with E-state index < -0.39 is 5.63 Å². The number of amides is 1. The molecular formula is C31H29N3O5. The number of fused-ring (bicyclic) bond motifs is 2. The zero-order valence-corrected chi connectivity index (χ0v) is 21.7. The van der Waals surface area contributed by atoms with Crippen molar-refractivity contribution in [3.05, 3.63) is 105 Å². The molecule has 1 fully saturated rings. The summed E-state index contributed by atoms with van der Waals surface area (Å²) in [6.07, 6.45) is 5.51. The average Bonchev–Trinajstić information content (AvgIpc) is 3.25. The standard InChI is InChI=1S/C31H29N3O5/c1-38-19-21-17-29(35)39-28-18-22(13-14-25(21)28)32-30(36)20-12-15-27-26(16-20)31(37)34(24-10-6-3-7-11-24)33(27)23-8-4-2-5-9-23/h3,6-7,10-18,23H,2,4-5,8-9,19H2,1H3,(H,32,36). The summed E-state index contributed by atoms with van der Waals surface area (Å²) in [6, 6.07) is 21.7. The summed E-state index contributed by atoms with van der Waals surface area (Å²) in [6.45, 7) is 0.273. The van der Waals surface area contributed by atoms with Gasteiger partial charge in [-0.25, -0.2) is 9.48 Å². The van der Waals surface area contributed by atoms with Crippen molar-refractivity contribution >= 4 is 33.5 Å². The van der Waals surface area contributed by atoms with Gasteiger partial charge in [0.05, 0.1) is 29.2 Å². The third-order valence-corrected chi connectivity index (χ3v) is 7.45. The number of nitrogens with one attached hydrogen (secondary N) is 1. The second-order valence-electron chi connectivity index (χ2n) is 10.0. The van der Waals surface area contributed by atoms with Gasteiger partial charge in [-0.1, -0.05) is 37.5 Å². The molecule has 1 aliphatic rings. The van der Waals surface area contributed by atoms with Crippen LogP contribution in [0.4, 0.5) is 5.69 Å². The van der Waals surface area contributed by atoms with Crippen LogP contribution in [0, 0.1) is 0 Å². The van der Waals surface area contributed by atoms with E-state index in [9.17, 15) is 14.4 Å². The van der Waals surface area contributed by atoms with Crippen LogP contribution in [0.3, 0.4) is 0 Å². The Kier molecular flexibility index (Phi) is 6.62. The van der Waals surface area contributed by atoms with E-state index >= 15 is 0 Å². The van der Waals surface area contributed by atoms with Gasteiger partial charge in [0.25, 0.3) is 11.5 Å². The molecule has 8 nitrogen and oxygen atoms in total. The van der Waals surface area contributed by atoms with Gasteiger partial charge in [-0.2, -0.15) is 0 Å². The second kappa shape index (κ2) is 10.4. The molecule has 1 aliphatic carbocycles. The molecule has 2 heterocycles. The highest BCUT2D eigenvalue weighted by molar-refractivity contribution is 6.06. The number of ether oxygens (including phenoxy) is 1. The van der Waals surface area contributed by atoms with Gasteiger partial charge in [-0.3, -0.25) is 14.3 Å². The smallest absolute Gasteiger partial charge is 0.336 e. The maximum absolute atomic E-state index is 13.7. The van der Waals surface area contributed by atoms with Crippen LogP contribution in [0.1, 0.15) is 54.1 Å². The molecule has 3 aromatic carbocycles. The zero-order chi connectivity index (χ0) is 26.9. The van der Waals surface area contributed by atoms with Crippen LogP contribution in [-0.2, 0) is 11.3 Å². The molecule has 0 atom stereocenters. The Morgan fingerprint density at radius 2 is 1.74 bits per heavy atom. The minimum atomic E-state index is -0.486. The van der Waals surface area contributed by atoms with E-state index in [-0.39, 0.29) is 24.1 Å². The first kappa shape index (κ1) is 24.9. The van der Waals surface area contributed by atoms with Gasteiger partial charge >= 0.3 is 5.63 Å². The number of carbonyl (C=O) groups excluding carboxylic acids is 1. The molecule has 2 aromatic heterocycles. The van der Waals surface area contributed by atoms with E-state index in [4.69, 9.17) is 9.15 Å². The number of anilines is 1. The highest BCUT2D eigenvalue weighted by Gasteiger charge is 2.24. The van der Waals surface area contributed by atoms with Crippen LogP contribution in [0.15, 0.2) is 86.8 Å². The lowest BCUT2D eigenvalue weighted by Crippen LogP contribution is -2.25. The van der Waals surface area contributed by atoms with Crippen LogP contribution >= 0.6 is 0 Å². The summed E-state index contributed by atoms with van der Waals surface area (Å²) >= 11 is 0. The summed E-state index contributed by atoms with van der Waals surface area (Å²) in [5, 5.41) is 4.12. The van der Waals surface area contributed by atoms with Crippen molar-refractivity contribution in [1.29, 1.82) is 0 Å². The van der Waals surface area contributed by atoms with E-state index in [2.05, 4.69) is 10.00 Å². The maximum Gasteiger partial charge on any atom is 0.336 e.